The van der Waals surface area contributed by atoms with Gasteiger partial charge in [0, 0.05) is 4.32 Å². The molecule has 0 aliphatic heterocycles. The molecule has 0 saturated carbocycles. The third kappa shape index (κ3) is 2.34. The first kappa shape index (κ1) is 9.79. The van der Waals surface area contributed by atoms with E-state index < -0.39 is 0 Å². The summed E-state index contributed by atoms with van der Waals surface area (Å²) in [5, 5.41) is 0. The maximum Gasteiger partial charge on any atom is 0.0449 e. The van der Waals surface area contributed by atoms with Gasteiger partial charge >= 0.3 is 0 Å². The van der Waals surface area contributed by atoms with Crippen molar-refractivity contribution in [1.29, 1.82) is 0 Å². The van der Waals surface area contributed by atoms with Crippen LogP contribution in [-0.4, -0.2) is 0 Å². The van der Waals surface area contributed by atoms with E-state index in [0.29, 0.717) is 0 Å². The van der Waals surface area contributed by atoms with E-state index in [4.69, 9.17) is 0 Å². The van der Waals surface area contributed by atoms with Crippen LogP contribution in [-0.2, 0) is 10.7 Å². The van der Waals surface area contributed by atoms with Gasteiger partial charge in [0.1, 0.15) is 0 Å². The minimum atomic E-state index is 0.0965. The summed E-state index contributed by atoms with van der Waals surface area (Å²) in [5.41, 5.74) is 2.73. The van der Waals surface area contributed by atoms with E-state index in [1.54, 1.807) is 0 Å². The minimum Gasteiger partial charge on any atom is -0.0807 e. The van der Waals surface area contributed by atoms with Crippen molar-refractivity contribution in [3.8, 4) is 0 Å². The molecular weight excluding hydrogens is 212 g/mol. The van der Waals surface area contributed by atoms with Gasteiger partial charge in [0.2, 0.25) is 0 Å². The Morgan fingerprint density at radius 1 is 1.17 bits per heavy atom. The molecule has 0 aliphatic carbocycles. The van der Waals surface area contributed by atoms with E-state index in [1.807, 2.05) is 0 Å². The van der Waals surface area contributed by atoms with Gasteiger partial charge < -0.3 is 0 Å². The molecule has 1 heteroatoms. The molecule has 1 rings (SSSR count). The van der Waals surface area contributed by atoms with Crippen molar-refractivity contribution in [3.05, 3.63) is 35.4 Å². The van der Waals surface area contributed by atoms with E-state index in [9.17, 15) is 0 Å². The van der Waals surface area contributed by atoms with Crippen molar-refractivity contribution in [2.75, 3.05) is 0 Å². The Labute approximate surface area is 83.1 Å². The van der Waals surface area contributed by atoms with Crippen LogP contribution < -0.4 is 0 Å². The molecule has 0 aromatic heterocycles. The third-order valence-electron chi connectivity index (χ3n) is 2.05. The van der Waals surface area contributed by atoms with Crippen LogP contribution in [0.25, 0.3) is 0 Å². The average molecular weight is 227 g/mol. The van der Waals surface area contributed by atoms with E-state index in [2.05, 4.69) is 61.0 Å². The highest BCUT2D eigenvalue weighted by Crippen LogP contribution is 2.29. The quantitative estimate of drug-likeness (QED) is 0.672. The van der Waals surface area contributed by atoms with Crippen molar-refractivity contribution >= 4 is 15.9 Å². The number of rotatable bonds is 2. The molecule has 0 radical (unpaired) electrons. The van der Waals surface area contributed by atoms with Crippen LogP contribution >= 0.6 is 15.9 Å². The number of halogens is 1. The van der Waals surface area contributed by atoms with Crippen LogP contribution in [0.5, 0.6) is 0 Å². The molecule has 0 aliphatic rings. The highest BCUT2D eigenvalue weighted by atomic mass is 79.9. The first-order valence-electron chi connectivity index (χ1n) is 4.32. The monoisotopic (exact) mass is 226 g/mol. The molecule has 0 bridgehead atoms. The topological polar surface area (TPSA) is 0 Å². The summed E-state index contributed by atoms with van der Waals surface area (Å²) in [4.78, 5) is 0. The van der Waals surface area contributed by atoms with Crippen LogP contribution in [0.1, 0.15) is 31.9 Å². The summed E-state index contributed by atoms with van der Waals surface area (Å²) < 4.78 is 0.0965. The molecule has 0 saturated heterocycles. The second-order valence-electron chi connectivity index (χ2n) is 3.52. The second kappa shape index (κ2) is 3.61. The molecule has 0 unspecified atom stereocenters. The van der Waals surface area contributed by atoms with E-state index in [0.717, 1.165) is 6.42 Å². The molecule has 0 heterocycles. The Balaban J connectivity index is 2.93. The Kier molecular flexibility index (Phi) is 2.94. The van der Waals surface area contributed by atoms with E-state index in [-0.39, 0.29) is 4.32 Å². The van der Waals surface area contributed by atoms with Crippen molar-refractivity contribution in [3.63, 3.8) is 0 Å². The Morgan fingerprint density at radius 3 is 2.00 bits per heavy atom. The number of hydrogen-bond donors (Lipinski definition) is 0. The summed E-state index contributed by atoms with van der Waals surface area (Å²) in [6.07, 6.45) is 1.11. The Hall–Kier alpha value is -0.300. The van der Waals surface area contributed by atoms with E-state index >= 15 is 0 Å². The molecule has 66 valence electrons. The normalized spacial score (nSPS) is 11.7. The van der Waals surface area contributed by atoms with Crippen molar-refractivity contribution in [2.24, 2.45) is 0 Å². The summed E-state index contributed by atoms with van der Waals surface area (Å²) in [6.45, 7) is 6.50. The zero-order chi connectivity index (χ0) is 9.19. The van der Waals surface area contributed by atoms with Gasteiger partial charge in [0.25, 0.3) is 0 Å². The molecule has 0 N–H and O–H groups in total. The molecule has 0 atom stereocenters. The Bertz CT molecular complexity index is 241. The van der Waals surface area contributed by atoms with Gasteiger partial charge in [-0.05, 0) is 31.4 Å². The van der Waals surface area contributed by atoms with Gasteiger partial charge in [-0.2, -0.15) is 0 Å². The van der Waals surface area contributed by atoms with Crippen molar-refractivity contribution in [2.45, 2.75) is 31.5 Å². The highest BCUT2D eigenvalue weighted by molar-refractivity contribution is 9.09. The zero-order valence-electron chi connectivity index (χ0n) is 7.89. The lowest BCUT2D eigenvalue weighted by atomic mass is 10.0. The standard InChI is InChI=1S/C11H15Br/c1-4-9-5-7-10(8-6-9)11(2,3)12/h5-8H,4H2,1-3H3. The molecule has 0 fully saturated rings. The van der Waals surface area contributed by atoms with Crippen molar-refractivity contribution < 1.29 is 0 Å². The fraction of sp³-hybridized carbons (Fsp3) is 0.455. The lowest BCUT2D eigenvalue weighted by Crippen LogP contribution is -2.05. The molecule has 0 spiro atoms. The molecule has 0 amide bonds. The molecular formula is C11H15Br. The van der Waals surface area contributed by atoms with Gasteiger partial charge in [-0.25, -0.2) is 0 Å². The number of alkyl halides is 1. The van der Waals surface area contributed by atoms with Gasteiger partial charge in [-0.15, -0.1) is 0 Å². The first-order chi connectivity index (χ1) is 5.54. The average Bonchev–Trinajstić information content (AvgIpc) is 2.03. The third-order valence-corrected chi connectivity index (χ3v) is 2.51. The molecule has 0 nitrogen and oxygen atoms in total. The van der Waals surface area contributed by atoms with Gasteiger partial charge in [-0.3, -0.25) is 0 Å². The van der Waals surface area contributed by atoms with Crippen LogP contribution in [0.4, 0.5) is 0 Å². The predicted octanol–water partition coefficient (Wildman–Crippen LogP) is 3.88. The smallest absolute Gasteiger partial charge is 0.0449 e. The van der Waals surface area contributed by atoms with Gasteiger partial charge in [0.15, 0.2) is 0 Å². The second-order valence-corrected chi connectivity index (χ2v) is 5.51. The largest absolute Gasteiger partial charge is 0.0807 e. The molecule has 1 aromatic rings. The fourth-order valence-corrected chi connectivity index (χ4v) is 1.40. The van der Waals surface area contributed by atoms with E-state index in [1.165, 1.54) is 11.1 Å². The van der Waals surface area contributed by atoms with Gasteiger partial charge in [-0.1, -0.05) is 47.1 Å². The number of hydrogen-bond acceptors (Lipinski definition) is 0. The summed E-state index contributed by atoms with van der Waals surface area (Å²) in [7, 11) is 0. The minimum absolute atomic E-state index is 0.0965. The lowest BCUT2D eigenvalue weighted by Gasteiger charge is -2.16. The number of aryl methyl sites for hydroxylation is 1. The lowest BCUT2D eigenvalue weighted by molar-refractivity contribution is 0.802. The van der Waals surface area contributed by atoms with Crippen LogP contribution in [0.3, 0.4) is 0 Å². The number of benzene rings is 1. The van der Waals surface area contributed by atoms with Crippen LogP contribution in [0, 0.1) is 0 Å². The molecule has 1 aromatic carbocycles. The maximum absolute atomic E-state index is 3.63. The van der Waals surface area contributed by atoms with Crippen LogP contribution in [0.15, 0.2) is 24.3 Å². The predicted molar refractivity (Wildman–Crippen MR) is 57.8 cm³/mol. The summed E-state index contributed by atoms with van der Waals surface area (Å²) in [5.74, 6) is 0. The highest BCUT2D eigenvalue weighted by Gasteiger charge is 2.14. The zero-order valence-corrected chi connectivity index (χ0v) is 9.48. The SMILES string of the molecule is CCc1ccc(C(C)(C)Br)cc1. The summed E-state index contributed by atoms with van der Waals surface area (Å²) in [6, 6.07) is 8.76. The van der Waals surface area contributed by atoms with Gasteiger partial charge in [0.05, 0.1) is 0 Å². The molecule has 12 heavy (non-hydrogen) atoms. The maximum atomic E-state index is 3.63. The Morgan fingerprint density at radius 2 is 1.67 bits per heavy atom. The van der Waals surface area contributed by atoms with Crippen LogP contribution in [0.2, 0.25) is 0 Å². The first-order valence-corrected chi connectivity index (χ1v) is 5.11. The summed E-state index contributed by atoms with van der Waals surface area (Å²) >= 11 is 3.63. The fourth-order valence-electron chi connectivity index (χ4n) is 1.14. The van der Waals surface area contributed by atoms with Crippen molar-refractivity contribution in [1.82, 2.24) is 0 Å².